The van der Waals surface area contributed by atoms with E-state index >= 15 is 0 Å². The molecule has 0 heterocycles. The van der Waals surface area contributed by atoms with Crippen molar-refractivity contribution in [3.63, 3.8) is 0 Å². The molecule has 0 aliphatic heterocycles. The van der Waals surface area contributed by atoms with Crippen molar-refractivity contribution in [2.24, 2.45) is 11.5 Å². The van der Waals surface area contributed by atoms with Gasteiger partial charge in [0, 0.05) is 0 Å². The molecule has 0 saturated heterocycles. The third kappa shape index (κ3) is 24.8. The molecular weight excluding hydrogens is 188 g/mol. The zero-order valence-corrected chi connectivity index (χ0v) is 10.8. The highest BCUT2D eigenvalue weighted by Crippen LogP contribution is 1.76. The lowest BCUT2D eigenvalue weighted by molar-refractivity contribution is 0.403. The van der Waals surface area contributed by atoms with Crippen LogP contribution in [0, 0.1) is 0 Å². The molecule has 0 radical (unpaired) electrons. The van der Waals surface area contributed by atoms with E-state index in [-0.39, 0.29) is 0 Å². The Morgan fingerprint density at radius 2 is 1.60 bits per heavy atom. The third-order valence-corrected chi connectivity index (χ3v) is 1.79. The Labute approximate surface area is 95.4 Å². The van der Waals surface area contributed by atoms with E-state index < -0.39 is 0 Å². The fraction of sp³-hybridized carbons (Fsp3) is 1.00. The number of nitrogens with zero attached hydrogens (tertiary/aromatic N) is 1. The van der Waals surface area contributed by atoms with Crippen molar-refractivity contribution in [3.8, 4) is 0 Å². The van der Waals surface area contributed by atoms with Crippen molar-refractivity contribution in [1.29, 1.82) is 0 Å². The van der Waals surface area contributed by atoms with Gasteiger partial charge in [-0.3, -0.25) is 0 Å². The van der Waals surface area contributed by atoms with Gasteiger partial charge in [-0.05, 0) is 66.1 Å². The van der Waals surface area contributed by atoms with E-state index in [0.29, 0.717) is 0 Å². The maximum atomic E-state index is 5.27. The first-order valence-corrected chi connectivity index (χ1v) is 5.94. The summed E-state index contributed by atoms with van der Waals surface area (Å²) >= 11 is 0. The lowest BCUT2D eigenvalue weighted by atomic mass is 10.4. The number of nitrogens with two attached hydrogens (primary N) is 2. The van der Waals surface area contributed by atoms with Crippen LogP contribution in [0.1, 0.15) is 26.2 Å². The summed E-state index contributed by atoms with van der Waals surface area (Å²) in [5.74, 6) is 0. The largest absolute Gasteiger partial charge is 0.330 e. The summed E-state index contributed by atoms with van der Waals surface area (Å²) in [5, 5.41) is 3.26. The molecule has 15 heavy (non-hydrogen) atoms. The van der Waals surface area contributed by atoms with Gasteiger partial charge in [0.1, 0.15) is 0 Å². The first kappa shape index (κ1) is 17.2. The molecule has 0 aromatic carbocycles. The normalized spacial score (nSPS) is 10.0. The molecule has 0 atom stereocenters. The first-order valence-electron chi connectivity index (χ1n) is 5.94. The Bertz CT molecular complexity index is 90.6. The molecule has 0 bridgehead atoms. The summed E-state index contributed by atoms with van der Waals surface area (Å²) in [6.07, 6.45) is 3.41. The molecule has 0 aliphatic rings. The number of nitrogens with one attached hydrogen (secondary N) is 1. The van der Waals surface area contributed by atoms with Crippen molar-refractivity contribution in [3.05, 3.63) is 0 Å². The highest BCUT2D eigenvalue weighted by atomic mass is 15.0. The van der Waals surface area contributed by atoms with Crippen LogP contribution in [0.2, 0.25) is 0 Å². The summed E-state index contributed by atoms with van der Waals surface area (Å²) < 4.78 is 0. The Balaban J connectivity index is 0. The summed E-state index contributed by atoms with van der Waals surface area (Å²) in [6, 6.07) is 0. The molecule has 0 spiro atoms. The fourth-order valence-electron chi connectivity index (χ4n) is 0.936. The van der Waals surface area contributed by atoms with Crippen LogP contribution in [-0.4, -0.2) is 51.7 Å². The van der Waals surface area contributed by atoms with E-state index in [1.807, 2.05) is 0 Å². The van der Waals surface area contributed by atoms with Crippen LogP contribution in [0.5, 0.6) is 0 Å². The van der Waals surface area contributed by atoms with E-state index in [2.05, 4.69) is 31.2 Å². The molecule has 5 N–H and O–H groups in total. The van der Waals surface area contributed by atoms with Crippen LogP contribution < -0.4 is 16.8 Å². The Morgan fingerprint density at radius 1 is 1.00 bits per heavy atom. The summed E-state index contributed by atoms with van der Waals surface area (Å²) in [7, 11) is 4.10. The van der Waals surface area contributed by atoms with Crippen LogP contribution in [-0.2, 0) is 0 Å². The van der Waals surface area contributed by atoms with Crippen molar-refractivity contribution < 1.29 is 0 Å². The number of hydrogen-bond acceptors (Lipinski definition) is 4. The average Bonchev–Trinajstić information content (AvgIpc) is 2.22. The SMILES string of the molecule is CCCNCCCN.CN(C)CCCN. The third-order valence-electron chi connectivity index (χ3n) is 1.79. The standard InChI is InChI=1S/C6H16N2.C5H14N2/c1-2-5-8-6-3-4-7;1-7(2)5-3-4-6/h8H,2-7H2,1H3;3-6H2,1-2H3. The van der Waals surface area contributed by atoms with Crippen molar-refractivity contribution in [2.45, 2.75) is 26.2 Å². The van der Waals surface area contributed by atoms with Crippen molar-refractivity contribution in [1.82, 2.24) is 10.2 Å². The first-order chi connectivity index (χ1) is 7.18. The van der Waals surface area contributed by atoms with E-state index in [0.717, 1.165) is 45.6 Å². The van der Waals surface area contributed by atoms with E-state index in [4.69, 9.17) is 11.5 Å². The van der Waals surface area contributed by atoms with Gasteiger partial charge in [0.25, 0.3) is 0 Å². The van der Waals surface area contributed by atoms with Gasteiger partial charge in [0.05, 0.1) is 0 Å². The van der Waals surface area contributed by atoms with E-state index in [1.165, 1.54) is 6.42 Å². The topological polar surface area (TPSA) is 67.3 Å². The van der Waals surface area contributed by atoms with Gasteiger partial charge in [-0.25, -0.2) is 0 Å². The molecule has 0 rings (SSSR count). The van der Waals surface area contributed by atoms with Crippen LogP contribution in [0.15, 0.2) is 0 Å². The van der Waals surface area contributed by atoms with Crippen LogP contribution >= 0.6 is 0 Å². The van der Waals surface area contributed by atoms with Crippen LogP contribution in [0.4, 0.5) is 0 Å². The zero-order chi connectivity index (χ0) is 11.9. The lowest BCUT2D eigenvalue weighted by Crippen LogP contribution is -2.18. The molecule has 0 saturated carbocycles. The van der Waals surface area contributed by atoms with E-state index in [1.54, 1.807) is 0 Å². The minimum absolute atomic E-state index is 0.802. The Kier molecular flexibility index (Phi) is 18.7. The van der Waals surface area contributed by atoms with Gasteiger partial charge < -0.3 is 21.7 Å². The minimum atomic E-state index is 0.802. The molecule has 94 valence electrons. The number of rotatable bonds is 8. The molecule has 0 fully saturated rings. The Morgan fingerprint density at radius 3 is 1.93 bits per heavy atom. The maximum Gasteiger partial charge on any atom is -0.00128 e. The minimum Gasteiger partial charge on any atom is -0.330 e. The van der Waals surface area contributed by atoms with Gasteiger partial charge >= 0.3 is 0 Å². The fourth-order valence-corrected chi connectivity index (χ4v) is 0.936. The quantitative estimate of drug-likeness (QED) is 0.510. The molecule has 0 aliphatic carbocycles. The van der Waals surface area contributed by atoms with Crippen molar-refractivity contribution in [2.75, 3.05) is 46.8 Å². The second-order valence-electron chi connectivity index (χ2n) is 3.84. The lowest BCUT2D eigenvalue weighted by Gasteiger charge is -2.05. The monoisotopic (exact) mass is 218 g/mol. The van der Waals surface area contributed by atoms with Gasteiger partial charge in [-0.2, -0.15) is 0 Å². The second-order valence-corrected chi connectivity index (χ2v) is 3.84. The van der Waals surface area contributed by atoms with Gasteiger partial charge in [-0.15, -0.1) is 0 Å². The molecule has 0 aromatic rings. The zero-order valence-electron chi connectivity index (χ0n) is 10.8. The summed E-state index contributed by atoms with van der Waals surface area (Å²) in [6.45, 7) is 7.07. The highest BCUT2D eigenvalue weighted by Gasteiger charge is 1.84. The Hall–Kier alpha value is -0.160. The van der Waals surface area contributed by atoms with Crippen LogP contribution in [0.3, 0.4) is 0 Å². The van der Waals surface area contributed by atoms with Gasteiger partial charge in [0.2, 0.25) is 0 Å². The maximum absolute atomic E-state index is 5.27. The molecule has 4 nitrogen and oxygen atoms in total. The summed E-state index contributed by atoms with van der Waals surface area (Å²) in [5.41, 5.74) is 10.5. The second kappa shape index (κ2) is 16.3. The predicted molar refractivity (Wildman–Crippen MR) is 69.1 cm³/mol. The average molecular weight is 218 g/mol. The predicted octanol–water partition coefficient (Wildman–Crippen LogP) is 0.232. The number of hydrogen-bond donors (Lipinski definition) is 3. The molecule has 0 amide bonds. The molecule has 0 unspecified atom stereocenters. The van der Waals surface area contributed by atoms with E-state index in [9.17, 15) is 0 Å². The molecule has 4 heteroatoms. The smallest absolute Gasteiger partial charge is 0.00128 e. The molecular formula is C11H30N4. The molecule has 0 aromatic heterocycles. The van der Waals surface area contributed by atoms with Gasteiger partial charge in [-0.1, -0.05) is 6.92 Å². The highest BCUT2D eigenvalue weighted by molar-refractivity contribution is 4.45. The van der Waals surface area contributed by atoms with Gasteiger partial charge in [0.15, 0.2) is 0 Å². The van der Waals surface area contributed by atoms with Crippen molar-refractivity contribution >= 4 is 0 Å². The van der Waals surface area contributed by atoms with Crippen LogP contribution in [0.25, 0.3) is 0 Å². The summed E-state index contributed by atoms with van der Waals surface area (Å²) in [4.78, 5) is 2.13.